The molecule has 3 rings (SSSR count). The van der Waals surface area contributed by atoms with Crippen LogP contribution in [0.5, 0.6) is 0 Å². The number of amides is 1. The average Bonchev–Trinajstić information content (AvgIpc) is 3.07. The fourth-order valence-corrected chi connectivity index (χ4v) is 2.94. The molecule has 1 aromatic rings. The molecular formula is C16H24N4O2. The first kappa shape index (κ1) is 15.2. The molecule has 6 heteroatoms. The van der Waals surface area contributed by atoms with E-state index in [-0.39, 0.29) is 12.0 Å². The van der Waals surface area contributed by atoms with E-state index in [1.807, 2.05) is 0 Å². The van der Waals surface area contributed by atoms with E-state index in [2.05, 4.69) is 27.1 Å². The molecule has 3 heterocycles. The lowest BCUT2D eigenvalue weighted by molar-refractivity contribution is 0.0853. The van der Waals surface area contributed by atoms with Crippen LogP contribution in [0.25, 0.3) is 0 Å². The monoisotopic (exact) mass is 304 g/mol. The van der Waals surface area contributed by atoms with Gasteiger partial charge in [-0.05, 0) is 31.6 Å². The largest absolute Gasteiger partial charge is 0.376 e. The number of carbonyl (C=O) groups excluding carboxylic acids is 1. The fraction of sp³-hybridized carbons (Fsp3) is 0.688. The second-order valence-electron chi connectivity index (χ2n) is 6.27. The van der Waals surface area contributed by atoms with Gasteiger partial charge in [-0.15, -0.1) is 0 Å². The molecule has 1 amide bonds. The summed E-state index contributed by atoms with van der Waals surface area (Å²) in [5.41, 5.74) is 0.368. The zero-order valence-corrected chi connectivity index (χ0v) is 13.1. The quantitative estimate of drug-likeness (QED) is 0.915. The van der Waals surface area contributed by atoms with Gasteiger partial charge in [-0.1, -0.05) is 6.92 Å². The standard InChI is InChI=1S/C16H24N4O2/c1-12-4-6-20(7-5-12)15-11-17-14(10-18-15)16(21)19-9-13-3-2-8-22-13/h10-13H,2-9H2,1H3,(H,19,21). The van der Waals surface area contributed by atoms with Crippen LogP contribution in [0, 0.1) is 5.92 Å². The molecule has 0 bridgehead atoms. The topological polar surface area (TPSA) is 67.4 Å². The van der Waals surface area contributed by atoms with E-state index < -0.39 is 0 Å². The van der Waals surface area contributed by atoms with Crippen molar-refractivity contribution in [2.24, 2.45) is 5.92 Å². The fourth-order valence-electron chi connectivity index (χ4n) is 2.94. The number of hydrogen-bond donors (Lipinski definition) is 1. The van der Waals surface area contributed by atoms with Crippen molar-refractivity contribution < 1.29 is 9.53 Å². The molecule has 2 saturated heterocycles. The molecule has 2 aliphatic rings. The summed E-state index contributed by atoms with van der Waals surface area (Å²) in [6, 6.07) is 0. The van der Waals surface area contributed by atoms with Crippen molar-refractivity contribution >= 4 is 11.7 Å². The van der Waals surface area contributed by atoms with Crippen LogP contribution in [0.3, 0.4) is 0 Å². The third kappa shape index (κ3) is 3.74. The van der Waals surface area contributed by atoms with E-state index in [0.717, 1.165) is 44.3 Å². The molecule has 120 valence electrons. The summed E-state index contributed by atoms with van der Waals surface area (Å²) in [6.45, 7) is 5.65. The first-order valence-corrected chi connectivity index (χ1v) is 8.19. The Morgan fingerprint density at radius 2 is 2.14 bits per heavy atom. The van der Waals surface area contributed by atoms with E-state index in [0.29, 0.717) is 12.2 Å². The SMILES string of the molecule is CC1CCN(c2cnc(C(=O)NCC3CCCO3)cn2)CC1. The maximum absolute atomic E-state index is 12.0. The van der Waals surface area contributed by atoms with Gasteiger partial charge in [0.15, 0.2) is 0 Å². The Morgan fingerprint density at radius 1 is 1.32 bits per heavy atom. The zero-order chi connectivity index (χ0) is 15.4. The Labute approximate surface area is 131 Å². The van der Waals surface area contributed by atoms with E-state index in [9.17, 15) is 4.79 Å². The number of aromatic nitrogens is 2. The molecule has 2 fully saturated rings. The molecule has 0 aromatic carbocycles. The minimum Gasteiger partial charge on any atom is -0.376 e. The molecular weight excluding hydrogens is 280 g/mol. The smallest absolute Gasteiger partial charge is 0.271 e. The summed E-state index contributed by atoms with van der Waals surface area (Å²) in [4.78, 5) is 22.9. The Balaban J connectivity index is 1.53. The summed E-state index contributed by atoms with van der Waals surface area (Å²) in [5.74, 6) is 1.47. The number of rotatable bonds is 4. The van der Waals surface area contributed by atoms with E-state index in [1.54, 1.807) is 12.4 Å². The number of hydrogen-bond acceptors (Lipinski definition) is 5. The molecule has 0 spiro atoms. The molecule has 0 saturated carbocycles. The second kappa shape index (κ2) is 7.05. The number of nitrogens with zero attached hydrogens (tertiary/aromatic N) is 3. The van der Waals surface area contributed by atoms with E-state index in [4.69, 9.17) is 4.74 Å². The van der Waals surface area contributed by atoms with Crippen LogP contribution in [-0.2, 0) is 4.74 Å². The van der Waals surface area contributed by atoms with Crippen molar-refractivity contribution in [2.45, 2.75) is 38.7 Å². The Hall–Kier alpha value is -1.69. The summed E-state index contributed by atoms with van der Waals surface area (Å²) in [7, 11) is 0. The van der Waals surface area contributed by atoms with Gasteiger partial charge in [0, 0.05) is 26.2 Å². The highest BCUT2D eigenvalue weighted by Gasteiger charge is 2.19. The highest BCUT2D eigenvalue weighted by molar-refractivity contribution is 5.92. The van der Waals surface area contributed by atoms with Crippen molar-refractivity contribution in [3.63, 3.8) is 0 Å². The first-order valence-electron chi connectivity index (χ1n) is 8.19. The van der Waals surface area contributed by atoms with E-state index in [1.165, 1.54) is 12.8 Å². The molecule has 1 unspecified atom stereocenters. The predicted molar refractivity (Wildman–Crippen MR) is 84.0 cm³/mol. The normalized spacial score (nSPS) is 22.8. The van der Waals surface area contributed by atoms with Crippen molar-refractivity contribution in [2.75, 3.05) is 31.1 Å². The van der Waals surface area contributed by atoms with Gasteiger partial charge in [0.05, 0.1) is 18.5 Å². The van der Waals surface area contributed by atoms with Crippen LogP contribution in [0.2, 0.25) is 0 Å². The number of ether oxygens (including phenoxy) is 1. The van der Waals surface area contributed by atoms with Crippen LogP contribution in [0.15, 0.2) is 12.4 Å². The van der Waals surface area contributed by atoms with Crippen molar-refractivity contribution in [3.05, 3.63) is 18.1 Å². The van der Waals surface area contributed by atoms with E-state index >= 15 is 0 Å². The molecule has 22 heavy (non-hydrogen) atoms. The van der Waals surface area contributed by atoms with Crippen molar-refractivity contribution in [1.29, 1.82) is 0 Å². The number of piperidine rings is 1. The highest BCUT2D eigenvalue weighted by atomic mass is 16.5. The lowest BCUT2D eigenvalue weighted by atomic mass is 9.99. The van der Waals surface area contributed by atoms with Crippen LogP contribution in [0.4, 0.5) is 5.82 Å². The molecule has 1 aromatic heterocycles. The Bertz CT molecular complexity index is 491. The van der Waals surface area contributed by atoms with Crippen LogP contribution in [-0.4, -0.2) is 48.2 Å². The lowest BCUT2D eigenvalue weighted by Gasteiger charge is -2.30. The maximum atomic E-state index is 12.0. The molecule has 1 atom stereocenters. The summed E-state index contributed by atoms with van der Waals surface area (Å²) in [6.07, 6.45) is 7.87. The lowest BCUT2D eigenvalue weighted by Crippen LogP contribution is -2.34. The summed E-state index contributed by atoms with van der Waals surface area (Å²) in [5, 5.41) is 2.87. The van der Waals surface area contributed by atoms with Gasteiger partial charge in [-0.25, -0.2) is 9.97 Å². The Kier molecular flexibility index (Phi) is 4.87. The van der Waals surface area contributed by atoms with Crippen LogP contribution < -0.4 is 10.2 Å². The van der Waals surface area contributed by atoms with Crippen molar-refractivity contribution in [1.82, 2.24) is 15.3 Å². The number of carbonyl (C=O) groups is 1. The molecule has 2 aliphatic heterocycles. The average molecular weight is 304 g/mol. The molecule has 0 radical (unpaired) electrons. The third-order valence-corrected chi connectivity index (χ3v) is 4.49. The molecule has 0 aliphatic carbocycles. The third-order valence-electron chi connectivity index (χ3n) is 4.49. The van der Waals surface area contributed by atoms with Gasteiger partial charge in [0.1, 0.15) is 11.5 Å². The number of anilines is 1. The number of nitrogens with one attached hydrogen (secondary N) is 1. The van der Waals surface area contributed by atoms with Crippen LogP contribution in [0.1, 0.15) is 43.1 Å². The molecule has 1 N–H and O–H groups in total. The van der Waals surface area contributed by atoms with Gasteiger partial charge in [0.2, 0.25) is 0 Å². The van der Waals surface area contributed by atoms with Gasteiger partial charge < -0.3 is 15.0 Å². The minimum atomic E-state index is -0.179. The van der Waals surface area contributed by atoms with Crippen LogP contribution >= 0.6 is 0 Å². The Morgan fingerprint density at radius 3 is 2.77 bits per heavy atom. The minimum absolute atomic E-state index is 0.145. The maximum Gasteiger partial charge on any atom is 0.271 e. The first-order chi connectivity index (χ1) is 10.7. The summed E-state index contributed by atoms with van der Waals surface area (Å²) < 4.78 is 5.49. The van der Waals surface area contributed by atoms with Gasteiger partial charge in [-0.2, -0.15) is 0 Å². The zero-order valence-electron chi connectivity index (χ0n) is 13.1. The molecule has 6 nitrogen and oxygen atoms in total. The van der Waals surface area contributed by atoms with Gasteiger partial charge in [0.25, 0.3) is 5.91 Å². The van der Waals surface area contributed by atoms with Gasteiger partial charge >= 0.3 is 0 Å². The summed E-state index contributed by atoms with van der Waals surface area (Å²) >= 11 is 0. The van der Waals surface area contributed by atoms with Gasteiger partial charge in [-0.3, -0.25) is 4.79 Å². The predicted octanol–water partition coefficient (Wildman–Crippen LogP) is 1.62. The van der Waals surface area contributed by atoms with Crippen molar-refractivity contribution in [3.8, 4) is 0 Å². The second-order valence-corrected chi connectivity index (χ2v) is 6.27. The highest BCUT2D eigenvalue weighted by Crippen LogP contribution is 2.20.